The van der Waals surface area contributed by atoms with E-state index in [1.807, 2.05) is 4.57 Å². The van der Waals surface area contributed by atoms with Crippen molar-refractivity contribution in [3.05, 3.63) is 59.7 Å². The number of amides is 2. The fraction of sp³-hybridized carbons (Fsp3) is 0.333. The summed E-state index contributed by atoms with van der Waals surface area (Å²) in [4.78, 5) is 26.4. The lowest BCUT2D eigenvalue weighted by atomic mass is 10.1. The number of benzene rings is 2. The second kappa shape index (κ2) is 8.53. The molecule has 1 N–H and O–H groups in total. The van der Waals surface area contributed by atoms with Gasteiger partial charge in [0.1, 0.15) is 11.6 Å². The molecule has 8 heteroatoms. The maximum absolute atomic E-state index is 14.7. The van der Waals surface area contributed by atoms with Gasteiger partial charge in [-0.2, -0.15) is 0 Å². The Bertz CT molecular complexity index is 1170. The van der Waals surface area contributed by atoms with Gasteiger partial charge in [0.15, 0.2) is 5.82 Å². The summed E-state index contributed by atoms with van der Waals surface area (Å²) < 4.78 is 16.6. The Kier molecular flexibility index (Phi) is 5.43. The highest BCUT2D eigenvalue weighted by molar-refractivity contribution is 6.05. The average Bonchev–Trinajstić information content (AvgIpc) is 3.34. The van der Waals surface area contributed by atoms with Crippen LogP contribution in [0.15, 0.2) is 42.5 Å². The van der Waals surface area contributed by atoms with Crippen LogP contribution in [0, 0.1) is 5.82 Å². The lowest BCUT2D eigenvalue weighted by Gasteiger charge is -2.16. The number of fused-ring (bicyclic) bond motifs is 1. The second-order valence-corrected chi connectivity index (χ2v) is 8.25. The van der Waals surface area contributed by atoms with E-state index < -0.39 is 5.82 Å². The van der Waals surface area contributed by atoms with Crippen LogP contribution in [-0.4, -0.2) is 33.1 Å². The van der Waals surface area contributed by atoms with Gasteiger partial charge in [-0.1, -0.05) is 6.42 Å². The molecule has 7 nitrogen and oxygen atoms in total. The summed E-state index contributed by atoms with van der Waals surface area (Å²) in [5.74, 6) is 0.773. The Hall–Kier alpha value is -3.55. The Morgan fingerprint density at radius 3 is 2.56 bits per heavy atom. The van der Waals surface area contributed by atoms with E-state index in [0.29, 0.717) is 35.6 Å². The summed E-state index contributed by atoms with van der Waals surface area (Å²) in [6.07, 6.45) is 5.43. The van der Waals surface area contributed by atoms with E-state index in [2.05, 4.69) is 15.5 Å². The molecule has 1 saturated heterocycles. The van der Waals surface area contributed by atoms with Crippen LogP contribution in [-0.2, 0) is 17.8 Å². The van der Waals surface area contributed by atoms with Gasteiger partial charge in [0.05, 0.1) is 5.56 Å². The maximum atomic E-state index is 14.7. The number of aromatic nitrogens is 3. The van der Waals surface area contributed by atoms with Gasteiger partial charge in [0.25, 0.3) is 5.91 Å². The number of hydrogen-bond donors (Lipinski definition) is 1. The van der Waals surface area contributed by atoms with Gasteiger partial charge in [0.2, 0.25) is 5.91 Å². The maximum Gasteiger partial charge on any atom is 0.255 e. The highest BCUT2D eigenvalue weighted by Gasteiger charge is 2.22. The zero-order chi connectivity index (χ0) is 22.1. The zero-order valence-corrected chi connectivity index (χ0v) is 17.7. The van der Waals surface area contributed by atoms with Crippen molar-refractivity contribution < 1.29 is 14.0 Å². The van der Waals surface area contributed by atoms with Gasteiger partial charge >= 0.3 is 0 Å². The fourth-order valence-electron chi connectivity index (χ4n) is 4.38. The fourth-order valence-corrected chi connectivity index (χ4v) is 4.38. The van der Waals surface area contributed by atoms with Crippen molar-refractivity contribution in [3.8, 4) is 11.4 Å². The number of halogens is 1. The van der Waals surface area contributed by atoms with Gasteiger partial charge < -0.3 is 14.8 Å². The predicted octanol–water partition coefficient (Wildman–Crippen LogP) is 4.19. The minimum Gasteiger partial charge on any atom is -0.322 e. The molecule has 0 radical (unpaired) electrons. The smallest absolute Gasteiger partial charge is 0.255 e. The lowest BCUT2D eigenvalue weighted by molar-refractivity contribution is -0.117. The normalized spacial score (nSPS) is 16.0. The molecule has 2 aliphatic rings. The molecule has 0 saturated carbocycles. The van der Waals surface area contributed by atoms with Gasteiger partial charge in [-0.3, -0.25) is 9.59 Å². The number of carbonyl (C=O) groups is 2. The molecule has 0 aliphatic carbocycles. The Morgan fingerprint density at radius 2 is 1.78 bits per heavy atom. The molecule has 0 bridgehead atoms. The van der Waals surface area contributed by atoms with Gasteiger partial charge in [0, 0.05) is 42.9 Å². The van der Waals surface area contributed by atoms with E-state index in [-0.39, 0.29) is 11.8 Å². The molecular weight excluding hydrogens is 409 g/mol. The molecule has 5 rings (SSSR count). The Morgan fingerprint density at radius 1 is 0.938 bits per heavy atom. The van der Waals surface area contributed by atoms with Crippen molar-refractivity contribution in [1.29, 1.82) is 0 Å². The minimum atomic E-state index is -0.401. The molecule has 0 unspecified atom stereocenters. The van der Waals surface area contributed by atoms with Crippen LogP contribution in [0.4, 0.5) is 15.8 Å². The third-order valence-electron chi connectivity index (χ3n) is 6.09. The van der Waals surface area contributed by atoms with Crippen molar-refractivity contribution in [2.45, 2.75) is 45.1 Å². The number of rotatable bonds is 4. The number of aryl methyl sites for hydroxylation is 1. The second-order valence-electron chi connectivity index (χ2n) is 8.25. The summed E-state index contributed by atoms with van der Waals surface area (Å²) in [5.41, 5.74) is 2.06. The zero-order valence-electron chi connectivity index (χ0n) is 17.7. The topological polar surface area (TPSA) is 80.1 Å². The highest BCUT2D eigenvalue weighted by Crippen LogP contribution is 2.28. The SMILES string of the molecule is O=C(Nc1ccc(F)c(-c2nnc3n2CCCCC3)c1)c1ccc(N2CCCC2=O)cc1. The summed E-state index contributed by atoms with van der Waals surface area (Å²) in [6, 6.07) is 11.4. The summed E-state index contributed by atoms with van der Waals surface area (Å²) >= 11 is 0. The van der Waals surface area contributed by atoms with Crippen molar-refractivity contribution in [3.63, 3.8) is 0 Å². The van der Waals surface area contributed by atoms with Gasteiger partial charge in [-0.25, -0.2) is 4.39 Å². The molecule has 0 atom stereocenters. The number of nitrogens with one attached hydrogen (secondary N) is 1. The van der Waals surface area contributed by atoms with Crippen LogP contribution in [0.1, 0.15) is 48.3 Å². The van der Waals surface area contributed by atoms with Crippen LogP contribution in [0.3, 0.4) is 0 Å². The highest BCUT2D eigenvalue weighted by atomic mass is 19.1. The third-order valence-corrected chi connectivity index (χ3v) is 6.09. The number of anilines is 2. The van der Waals surface area contributed by atoms with E-state index in [1.54, 1.807) is 35.2 Å². The number of carbonyl (C=O) groups excluding carboxylic acids is 2. The molecule has 2 amide bonds. The summed E-state index contributed by atoms with van der Waals surface area (Å²) in [6.45, 7) is 1.47. The van der Waals surface area contributed by atoms with E-state index in [1.165, 1.54) is 12.1 Å². The monoisotopic (exact) mass is 433 g/mol. The number of nitrogens with zero attached hydrogens (tertiary/aromatic N) is 4. The van der Waals surface area contributed by atoms with E-state index >= 15 is 0 Å². The van der Waals surface area contributed by atoms with Crippen LogP contribution in [0.5, 0.6) is 0 Å². The van der Waals surface area contributed by atoms with Crippen LogP contribution >= 0.6 is 0 Å². The van der Waals surface area contributed by atoms with Crippen LogP contribution < -0.4 is 10.2 Å². The molecule has 3 aromatic rings. The quantitative estimate of drug-likeness (QED) is 0.669. The molecule has 164 valence electrons. The van der Waals surface area contributed by atoms with Gasteiger partial charge in [-0.05, 0) is 61.7 Å². The van der Waals surface area contributed by atoms with Crippen molar-refractivity contribution in [2.75, 3.05) is 16.8 Å². The molecule has 0 spiro atoms. The van der Waals surface area contributed by atoms with E-state index in [9.17, 15) is 14.0 Å². The molecule has 3 heterocycles. The largest absolute Gasteiger partial charge is 0.322 e. The molecule has 1 fully saturated rings. The average molecular weight is 433 g/mol. The molecule has 1 aromatic heterocycles. The molecule has 32 heavy (non-hydrogen) atoms. The third kappa shape index (κ3) is 3.88. The first-order chi connectivity index (χ1) is 15.6. The Balaban J connectivity index is 1.36. The van der Waals surface area contributed by atoms with Crippen LogP contribution in [0.2, 0.25) is 0 Å². The van der Waals surface area contributed by atoms with Crippen molar-refractivity contribution >= 4 is 23.2 Å². The molecule has 2 aromatic carbocycles. The lowest BCUT2D eigenvalue weighted by Crippen LogP contribution is -2.23. The summed E-state index contributed by atoms with van der Waals surface area (Å²) in [5, 5.41) is 11.3. The number of hydrogen-bond acceptors (Lipinski definition) is 4. The van der Waals surface area contributed by atoms with Crippen molar-refractivity contribution in [1.82, 2.24) is 14.8 Å². The standard InChI is InChI=1S/C24H24FN5O2/c25-20-12-9-17(15-19(20)23-28-27-21-5-2-1-3-13-30(21)23)26-24(32)16-7-10-18(11-8-16)29-14-4-6-22(29)31/h7-12,15H,1-6,13-14H2,(H,26,32). The first kappa shape index (κ1) is 20.4. The minimum absolute atomic E-state index is 0.104. The van der Waals surface area contributed by atoms with Crippen LogP contribution in [0.25, 0.3) is 11.4 Å². The Labute approximate surface area is 185 Å². The first-order valence-electron chi connectivity index (χ1n) is 11.0. The first-order valence-corrected chi connectivity index (χ1v) is 11.0. The molecule has 2 aliphatic heterocycles. The van der Waals surface area contributed by atoms with E-state index in [0.717, 1.165) is 50.2 Å². The summed E-state index contributed by atoms with van der Waals surface area (Å²) in [7, 11) is 0. The predicted molar refractivity (Wildman–Crippen MR) is 119 cm³/mol. The van der Waals surface area contributed by atoms with Gasteiger partial charge in [-0.15, -0.1) is 10.2 Å². The van der Waals surface area contributed by atoms with Crippen molar-refractivity contribution in [2.24, 2.45) is 0 Å². The molecular formula is C24H24FN5O2. The van der Waals surface area contributed by atoms with E-state index in [4.69, 9.17) is 0 Å².